The van der Waals surface area contributed by atoms with E-state index in [0.29, 0.717) is 12.2 Å². The summed E-state index contributed by atoms with van der Waals surface area (Å²) in [4.78, 5) is 14.9. The lowest BCUT2D eigenvalue weighted by atomic mass is 9.99. The van der Waals surface area contributed by atoms with Crippen molar-refractivity contribution < 1.29 is 9.18 Å². The molecule has 0 spiro atoms. The molecule has 1 fully saturated rings. The number of benzene rings is 1. The normalized spacial score (nSPS) is 14.0. The molecule has 0 N–H and O–H groups in total. The van der Waals surface area contributed by atoms with Gasteiger partial charge in [-0.3, -0.25) is 4.79 Å². The Morgan fingerprint density at radius 3 is 2.62 bits per heavy atom. The van der Waals surface area contributed by atoms with Crippen LogP contribution in [0.2, 0.25) is 0 Å². The number of rotatable bonds is 5. The Bertz CT molecular complexity index is 777. The second-order valence-corrected chi connectivity index (χ2v) is 6.61. The average Bonchev–Trinajstić information content (AvgIpc) is 3.34. The predicted molar refractivity (Wildman–Crippen MR) is 91.4 cm³/mol. The molecule has 0 saturated heterocycles. The van der Waals surface area contributed by atoms with E-state index in [-0.39, 0.29) is 17.5 Å². The van der Waals surface area contributed by atoms with E-state index < -0.39 is 5.95 Å². The van der Waals surface area contributed by atoms with Gasteiger partial charge in [0.2, 0.25) is 5.95 Å². The van der Waals surface area contributed by atoms with Crippen LogP contribution in [0.4, 0.5) is 4.39 Å². The Morgan fingerprint density at radius 2 is 2.08 bits per heavy atom. The molecular weight excluding hydrogens is 305 g/mol. The average molecular weight is 329 g/mol. The van der Waals surface area contributed by atoms with Crippen LogP contribution in [0.15, 0.2) is 18.2 Å². The van der Waals surface area contributed by atoms with Gasteiger partial charge >= 0.3 is 0 Å². The molecule has 0 atom stereocenters. The third-order valence-electron chi connectivity index (χ3n) is 4.83. The van der Waals surface area contributed by atoms with Crippen LogP contribution >= 0.6 is 0 Å². The maximum absolute atomic E-state index is 14.3. The van der Waals surface area contributed by atoms with Crippen LogP contribution < -0.4 is 0 Å². The van der Waals surface area contributed by atoms with E-state index >= 15 is 0 Å². The second kappa shape index (κ2) is 6.38. The van der Waals surface area contributed by atoms with Crippen molar-refractivity contribution in [2.45, 2.75) is 52.6 Å². The van der Waals surface area contributed by atoms with Gasteiger partial charge in [0.05, 0.1) is 5.69 Å². The minimum absolute atomic E-state index is 0.107. The zero-order valence-electron chi connectivity index (χ0n) is 14.8. The predicted octanol–water partition coefficient (Wildman–Crippen LogP) is 3.54. The molecular formula is C19H24FN3O. The van der Waals surface area contributed by atoms with E-state index in [1.807, 2.05) is 11.0 Å². The van der Waals surface area contributed by atoms with Crippen molar-refractivity contribution in [3.8, 4) is 0 Å². The fraction of sp³-hybridized carbons (Fsp3) is 0.474. The summed E-state index contributed by atoms with van der Waals surface area (Å²) in [7, 11) is 1.52. The summed E-state index contributed by atoms with van der Waals surface area (Å²) in [6.45, 7) is 6.41. The van der Waals surface area contributed by atoms with E-state index in [4.69, 9.17) is 0 Å². The number of halogens is 1. The number of aryl methyl sites for hydroxylation is 4. The molecule has 1 aliphatic carbocycles. The van der Waals surface area contributed by atoms with Crippen molar-refractivity contribution in [2.24, 2.45) is 7.05 Å². The Kier molecular flexibility index (Phi) is 4.43. The molecule has 0 bridgehead atoms. The molecule has 0 aliphatic heterocycles. The highest BCUT2D eigenvalue weighted by Gasteiger charge is 2.36. The number of hydrogen-bond acceptors (Lipinski definition) is 2. The quantitative estimate of drug-likeness (QED) is 0.841. The molecule has 128 valence electrons. The van der Waals surface area contributed by atoms with E-state index in [2.05, 4.69) is 31.1 Å². The Labute approximate surface area is 142 Å². The molecule has 1 aliphatic rings. The minimum Gasteiger partial charge on any atom is -0.331 e. The lowest BCUT2D eigenvalue weighted by molar-refractivity contribution is 0.0723. The summed E-state index contributed by atoms with van der Waals surface area (Å²) >= 11 is 0. The van der Waals surface area contributed by atoms with Crippen molar-refractivity contribution in [1.82, 2.24) is 14.7 Å². The molecule has 1 amide bonds. The van der Waals surface area contributed by atoms with E-state index in [1.54, 1.807) is 6.92 Å². The van der Waals surface area contributed by atoms with Crippen LogP contribution in [0.5, 0.6) is 0 Å². The lowest BCUT2D eigenvalue weighted by Gasteiger charge is -2.25. The fourth-order valence-electron chi connectivity index (χ4n) is 3.26. The van der Waals surface area contributed by atoms with Gasteiger partial charge in [-0.2, -0.15) is 9.49 Å². The Morgan fingerprint density at radius 1 is 1.38 bits per heavy atom. The van der Waals surface area contributed by atoms with Crippen LogP contribution in [-0.2, 0) is 20.0 Å². The van der Waals surface area contributed by atoms with Gasteiger partial charge in [0.15, 0.2) is 0 Å². The monoisotopic (exact) mass is 329 g/mol. The van der Waals surface area contributed by atoms with Gasteiger partial charge < -0.3 is 4.90 Å². The van der Waals surface area contributed by atoms with Gasteiger partial charge in [0.25, 0.3) is 5.91 Å². The van der Waals surface area contributed by atoms with Crippen LogP contribution in [0.25, 0.3) is 0 Å². The smallest absolute Gasteiger partial charge is 0.260 e. The van der Waals surface area contributed by atoms with E-state index in [0.717, 1.165) is 23.9 Å². The van der Waals surface area contributed by atoms with Gasteiger partial charge in [0, 0.05) is 19.6 Å². The number of amides is 1. The highest BCUT2D eigenvalue weighted by atomic mass is 19.1. The van der Waals surface area contributed by atoms with Crippen molar-refractivity contribution in [1.29, 1.82) is 0 Å². The SMILES string of the molecule is CCc1cccc(C)c1CN(C(=O)c1c(C)nn(C)c1F)C1CC1. The molecule has 1 saturated carbocycles. The fourth-order valence-corrected chi connectivity index (χ4v) is 3.26. The van der Waals surface area contributed by atoms with E-state index in [1.165, 1.54) is 23.7 Å². The van der Waals surface area contributed by atoms with Gasteiger partial charge in [-0.05, 0) is 49.8 Å². The molecule has 1 heterocycles. The van der Waals surface area contributed by atoms with Gasteiger partial charge in [-0.15, -0.1) is 0 Å². The van der Waals surface area contributed by atoms with Crippen molar-refractivity contribution in [3.63, 3.8) is 0 Å². The van der Waals surface area contributed by atoms with Crippen LogP contribution in [0.3, 0.4) is 0 Å². The summed E-state index contributed by atoms with van der Waals surface area (Å²) in [6, 6.07) is 6.43. The van der Waals surface area contributed by atoms with Crippen molar-refractivity contribution >= 4 is 5.91 Å². The van der Waals surface area contributed by atoms with Crippen LogP contribution in [-0.4, -0.2) is 26.6 Å². The molecule has 1 aromatic heterocycles. The number of aromatic nitrogens is 2. The summed E-state index contributed by atoms with van der Waals surface area (Å²) in [6.07, 6.45) is 2.89. The van der Waals surface area contributed by atoms with Gasteiger partial charge in [0.1, 0.15) is 5.56 Å². The molecule has 1 aromatic carbocycles. The summed E-state index contributed by atoms with van der Waals surface area (Å²) in [5.41, 5.74) is 4.16. The lowest BCUT2D eigenvalue weighted by Crippen LogP contribution is -2.34. The number of carbonyl (C=O) groups is 1. The highest BCUT2D eigenvalue weighted by Crippen LogP contribution is 2.32. The van der Waals surface area contributed by atoms with E-state index in [9.17, 15) is 9.18 Å². The first-order valence-electron chi connectivity index (χ1n) is 8.51. The summed E-state index contributed by atoms with van der Waals surface area (Å²) in [5.74, 6) is -0.797. The first-order valence-corrected chi connectivity index (χ1v) is 8.51. The molecule has 3 rings (SSSR count). The topological polar surface area (TPSA) is 38.1 Å². The summed E-state index contributed by atoms with van der Waals surface area (Å²) < 4.78 is 15.5. The third-order valence-corrected chi connectivity index (χ3v) is 4.83. The molecule has 0 radical (unpaired) electrons. The number of hydrogen-bond donors (Lipinski definition) is 0. The largest absolute Gasteiger partial charge is 0.331 e. The highest BCUT2D eigenvalue weighted by molar-refractivity contribution is 5.95. The Balaban J connectivity index is 1.96. The molecule has 4 nitrogen and oxygen atoms in total. The zero-order valence-corrected chi connectivity index (χ0v) is 14.8. The number of carbonyl (C=O) groups excluding carboxylic acids is 1. The Hall–Kier alpha value is -2.17. The molecule has 2 aromatic rings. The maximum Gasteiger partial charge on any atom is 0.260 e. The summed E-state index contributed by atoms with van der Waals surface area (Å²) in [5, 5.41) is 4.05. The van der Waals surface area contributed by atoms with Crippen LogP contribution in [0, 0.1) is 19.8 Å². The number of nitrogens with zero attached hydrogens (tertiary/aromatic N) is 3. The maximum atomic E-state index is 14.3. The molecule has 0 unspecified atom stereocenters. The van der Waals surface area contributed by atoms with Crippen LogP contribution in [0.1, 0.15) is 52.5 Å². The first kappa shape index (κ1) is 16.7. The molecule has 24 heavy (non-hydrogen) atoms. The minimum atomic E-state index is -0.552. The first-order chi connectivity index (χ1) is 11.4. The zero-order chi connectivity index (χ0) is 17.4. The van der Waals surface area contributed by atoms with Gasteiger partial charge in [-0.1, -0.05) is 25.1 Å². The van der Waals surface area contributed by atoms with Gasteiger partial charge in [-0.25, -0.2) is 4.68 Å². The standard InChI is InChI=1S/C19H24FN3O/c1-5-14-8-6-7-12(2)16(14)11-23(15-9-10-15)19(24)17-13(3)21-22(4)18(17)20/h6-8,15H,5,9-11H2,1-4H3. The van der Waals surface area contributed by atoms with Crippen molar-refractivity contribution in [3.05, 3.63) is 52.1 Å². The second-order valence-electron chi connectivity index (χ2n) is 6.61. The van der Waals surface area contributed by atoms with Crippen molar-refractivity contribution in [2.75, 3.05) is 0 Å². The molecule has 5 heteroatoms. The third kappa shape index (κ3) is 2.95.